The lowest BCUT2D eigenvalue weighted by Gasteiger charge is -2.37. The molecular weight excluding hydrogens is 354 g/mol. The molecule has 2 saturated heterocycles. The number of amides is 3. The fourth-order valence-corrected chi connectivity index (χ4v) is 4.43. The summed E-state index contributed by atoms with van der Waals surface area (Å²) in [4.78, 5) is 42.4. The second-order valence-corrected chi connectivity index (χ2v) is 7.40. The van der Waals surface area contributed by atoms with Crippen molar-refractivity contribution in [2.45, 2.75) is 19.4 Å². The van der Waals surface area contributed by atoms with Crippen LogP contribution in [0.3, 0.4) is 0 Å². The zero-order valence-corrected chi connectivity index (χ0v) is 15.6. The third kappa shape index (κ3) is 3.80. The Kier molecular flexibility index (Phi) is 5.70. The zero-order valence-electron chi connectivity index (χ0n) is 14.8. The highest BCUT2D eigenvalue weighted by Crippen LogP contribution is 2.24. The van der Waals surface area contributed by atoms with E-state index in [4.69, 9.17) is 0 Å². The van der Waals surface area contributed by atoms with Crippen LogP contribution in [0.15, 0.2) is 24.3 Å². The van der Waals surface area contributed by atoms with Crippen LogP contribution < -0.4 is 0 Å². The Bertz CT molecular complexity index is 703. The smallest absolute Gasteiger partial charge is 0.254 e. The molecule has 7 nitrogen and oxygen atoms in total. The van der Waals surface area contributed by atoms with Gasteiger partial charge in [-0.15, -0.1) is 11.8 Å². The van der Waals surface area contributed by atoms with Crippen LogP contribution in [0, 0.1) is 0 Å². The minimum absolute atomic E-state index is 0.00560. The maximum absolute atomic E-state index is 12.8. The number of rotatable bonds is 3. The first-order chi connectivity index (χ1) is 12.5. The van der Waals surface area contributed by atoms with Gasteiger partial charge < -0.3 is 19.8 Å². The summed E-state index contributed by atoms with van der Waals surface area (Å²) in [6.45, 7) is 3.61. The number of aromatic hydroxyl groups is 1. The fourth-order valence-electron chi connectivity index (χ4n) is 3.26. The summed E-state index contributed by atoms with van der Waals surface area (Å²) in [6.07, 6.45) is 0.399. The largest absolute Gasteiger partial charge is 0.508 e. The number of benzene rings is 1. The van der Waals surface area contributed by atoms with Crippen molar-refractivity contribution >= 4 is 29.5 Å². The number of nitrogens with zero attached hydrogens (tertiary/aromatic N) is 3. The molecule has 0 saturated carbocycles. The summed E-state index contributed by atoms with van der Waals surface area (Å²) in [5, 5.41) is 9.53. The van der Waals surface area contributed by atoms with E-state index in [-0.39, 0.29) is 29.5 Å². The number of carbonyl (C=O) groups is 3. The van der Waals surface area contributed by atoms with Crippen molar-refractivity contribution in [3.63, 3.8) is 0 Å². The number of phenols is 1. The number of carbonyl (C=O) groups excluding carboxylic acids is 3. The molecule has 0 bridgehead atoms. The predicted molar refractivity (Wildman–Crippen MR) is 98.8 cm³/mol. The maximum Gasteiger partial charge on any atom is 0.254 e. The van der Waals surface area contributed by atoms with Gasteiger partial charge in [-0.05, 0) is 18.2 Å². The van der Waals surface area contributed by atoms with Crippen molar-refractivity contribution in [3.05, 3.63) is 29.8 Å². The van der Waals surface area contributed by atoms with E-state index in [1.54, 1.807) is 45.5 Å². The first kappa shape index (κ1) is 18.6. The Morgan fingerprint density at radius 1 is 1.15 bits per heavy atom. The summed E-state index contributed by atoms with van der Waals surface area (Å²) in [5.74, 6) is 1.09. The predicted octanol–water partition coefficient (Wildman–Crippen LogP) is 0.988. The number of phenolic OH excluding ortho intramolecular Hbond substituents is 1. The summed E-state index contributed by atoms with van der Waals surface area (Å²) >= 11 is 1.60. The molecule has 0 radical (unpaired) electrons. The molecule has 1 unspecified atom stereocenters. The molecule has 1 aromatic rings. The molecule has 2 aliphatic rings. The molecular formula is C18H23N3O4S. The lowest BCUT2D eigenvalue weighted by atomic mass is 10.1. The van der Waals surface area contributed by atoms with E-state index in [0.29, 0.717) is 49.8 Å². The van der Waals surface area contributed by atoms with E-state index in [1.807, 2.05) is 0 Å². The van der Waals surface area contributed by atoms with Crippen LogP contribution in [0.1, 0.15) is 23.7 Å². The monoisotopic (exact) mass is 377 g/mol. The summed E-state index contributed by atoms with van der Waals surface area (Å²) in [5.41, 5.74) is 0.441. The van der Waals surface area contributed by atoms with Crippen LogP contribution in [-0.2, 0) is 9.59 Å². The molecule has 1 N–H and O–H groups in total. The quantitative estimate of drug-likeness (QED) is 0.850. The van der Waals surface area contributed by atoms with Gasteiger partial charge in [0.15, 0.2) is 0 Å². The number of thioether (sulfide) groups is 1. The molecule has 3 amide bonds. The molecule has 2 aliphatic heterocycles. The number of hydrogen-bond acceptors (Lipinski definition) is 5. The first-order valence-electron chi connectivity index (χ1n) is 8.75. The van der Waals surface area contributed by atoms with Gasteiger partial charge >= 0.3 is 0 Å². The van der Waals surface area contributed by atoms with Gasteiger partial charge in [0.05, 0.1) is 5.88 Å². The Balaban J connectivity index is 1.59. The average Bonchev–Trinajstić information content (AvgIpc) is 3.16. The average molecular weight is 377 g/mol. The van der Waals surface area contributed by atoms with E-state index in [2.05, 4.69) is 0 Å². The minimum Gasteiger partial charge on any atom is -0.508 e. The standard InChI is InChI=1S/C18H23N3O4S/c1-2-16(23)21-12-26-11-15(21)18(25)20-8-6-19(7-9-20)17(24)13-4-3-5-14(22)10-13/h3-5,10,15,22H,2,6-9,11-12H2,1H3. The SMILES string of the molecule is CCC(=O)N1CSCC1C(=O)N1CCN(C(=O)c2cccc(O)c2)CC1. The van der Waals surface area contributed by atoms with E-state index in [0.717, 1.165) is 0 Å². The Morgan fingerprint density at radius 2 is 1.85 bits per heavy atom. The van der Waals surface area contributed by atoms with Crippen LogP contribution in [-0.4, -0.2) is 81.4 Å². The first-order valence-corrected chi connectivity index (χ1v) is 9.91. The van der Waals surface area contributed by atoms with Crippen molar-refractivity contribution in [3.8, 4) is 5.75 Å². The van der Waals surface area contributed by atoms with E-state index in [1.165, 1.54) is 12.1 Å². The molecule has 8 heteroatoms. The highest BCUT2D eigenvalue weighted by Gasteiger charge is 2.37. The van der Waals surface area contributed by atoms with E-state index >= 15 is 0 Å². The van der Waals surface area contributed by atoms with Gasteiger partial charge in [-0.1, -0.05) is 13.0 Å². The Morgan fingerprint density at radius 3 is 2.50 bits per heavy atom. The molecule has 0 aliphatic carbocycles. The zero-order chi connectivity index (χ0) is 18.7. The second-order valence-electron chi connectivity index (χ2n) is 6.40. The third-order valence-corrected chi connectivity index (χ3v) is 5.77. The van der Waals surface area contributed by atoms with Crippen molar-refractivity contribution in [1.29, 1.82) is 0 Å². The van der Waals surface area contributed by atoms with Crippen LogP contribution in [0.2, 0.25) is 0 Å². The minimum atomic E-state index is -0.388. The van der Waals surface area contributed by atoms with Crippen LogP contribution >= 0.6 is 11.8 Å². The number of hydrogen-bond donors (Lipinski definition) is 1. The topological polar surface area (TPSA) is 81.2 Å². The molecule has 2 heterocycles. The van der Waals surface area contributed by atoms with Gasteiger partial charge in [-0.25, -0.2) is 0 Å². The van der Waals surface area contributed by atoms with Crippen molar-refractivity contribution < 1.29 is 19.5 Å². The summed E-state index contributed by atoms with van der Waals surface area (Å²) < 4.78 is 0. The molecule has 0 spiro atoms. The van der Waals surface area contributed by atoms with Gasteiger partial charge in [0.25, 0.3) is 5.91 Å². The molecule has 0 aromatic heterocycles. The maximum atomic E-state index is 12.8. The van der Waals surface area contributed by atoms with Crippen molar-refractivity contribution in [2.24, 2.45) is 0 Å². The molecule has 2 fully saturated rings. The lowest BCUT2D eigenvalue weighted by Crippen LogP contribution is -2.55. The third-order valence-electron chi connectivity index (χ3n) is 4.76. The molecule has 140 valence electrons. The summed E-state index contributed by atoms with van der Waals surface area (Å²) in [6, 6.07) is 5.89. The van der Waals surface area contributed by atoms with Crippen LogP contribution in [0.25, 0.3) is 0 Å². The number of piperazine rings is 1. The van der Waals surface area contributed by atoms with Gasteiger partial charge in [0.2, 0.25) is 11.8 Å². The van der Waals surface area contributed by atoms with E-state index in [9.17, 15) is 19.5 Å². The molecule has 3 rings (SSSR count). The molecule has 26 heavy (non-hydrogen) atoms. The lowest BCUT2D eigenvalue weighted by molar-refractivity contribution is -0.144. The normalized spacial score (nSPS) is 20.3. The molecule has 1 aromatic carbocycles. The second kappa shape index (κ2) is 7.99. The van der Waals surface area contributed by atoms with Gasteiger partial charge in [0, 0.05) is 43.9 Å². The Hall–Kier alpha value is -2.22. The van der Waals surface area contributed by atoms with Crippen molar-refractivity contribution in [2.75, 3.05) is 37.8 Å². The van der Waals surface area contributed by atoms with Crippen LogP contribution in [0.5, 0.6) is 5.75 Å². The highest BCUT2D eigenvalue weighted by atomic mass is 32.2. The van der Waals surface area contributed by atoms with Gasteiger partial charge in [-0.2, -0.15) is 0 Å². The van der Waals surface area contributed by atoms with E-state index < -0.39 is 0 Å². The van der Waals surface area contributed by atoms with Crippen LogP contribution in [0.4, 0.5) is 0 Å². The summed E-state index contributed by atoms with van der Waals surface area (Å²) in [7, 11) is 0. The van der Waals surface area contributed by atoms with Crippen molar-refractivity contribution in [1.82, 2.24) is 14.7 Å². The van der Waals surface area contributed by atoms with Gasteiger partial charge in [-0.3, -0.25) is 14.4 Å². The fraction of sp³-hybridized carbons (Fsp3) is 0.500. The molecule has 1 atom stereocenters. The van der Waals surface area contributed by atoms with Gasteiger partial charge in [0.1, 0.15) is 11.8 Å². The highest BCUT2D eigenvalue weighted by molar-refractivity contribution is 7.99. The Labute approximate surface area is 156 Å².